The van der Waals surface area contributed by atoms with Gasteiger partial charge in [0.05, 0.1) is 4.91 Å². The molecule has 0 saturated heterocycles. The standard InChI is InChI=1S/C12H7N3O2S/c16-9-5-10(18-12-13-6-14-15-12)11(17)8-4-2-1-3-7(8)9/h1-6H,(H,13,14,15). The lowest BCUT2D eigenvalue weighted by Gasteiger charge is -2.13. The molecule has 2 aromatic rings. The highest BCUT2D eigenvalue weighted by atomic mass is 32.2. The minimum atomic E-state index is -0.161. The average Bonchev–Trinajstić information content (AvgIpc) is 2.89. The first-order valence-electron chi connectivity index (χ1n) is 5.18. The molecule has 0 radical (unpaired) electrons. The molecular formula is C12H7N3O2S. The van der Waals surface area contributed by atoms with Crippen LogP contribution in [-0.2, 0) is 0 Å². The van der Waals surface area contributed by atoms with E-state index in [1.807, 2.05) is 0 Å². The van der Waals surface area contributed by atoms with Gasteiger partial charge in [0.25, 0.3) is 0 Å². The van der Waals surface area contributed by atoms with Crippen molar-refractivity contribution in [1.29, 1.82) is 0 Å². The van der Waals surface area contributed by atoms with Gasteiger partial charge in [0.1, 0.15) is 6.33 Å². The number of thioether (sulfide) groups is 1. The topological polar surface area (TPSA) is 75.7 Å². The highest BCUT2D eigenvalue weighted by Gasteiger charge is 2.26. The van der Waals surface area contributed by atoms with Gasteiger partial charge in [-0.05, 0) is 11.8 Å². The minimum Gasteiger partial charge on any atom is -0.289 e. The summed E-state index contributed by atoms with van der Waals surface area (Å²) in [6.45, 7) is 0. The zero-order valence-electron chi connectivity index (χ0n) is 9.08. The first kappa shape index (κ1) is 10.9. The van der Waals surface area contributed by atoms with E-state index in [0.29, 0.717) is 21.2 Å². The Labute approximate surface area is 106 Å². The zero-order chi connectivity index (χ0) is 12.5. The third kappa shape index (κ3) is 1.76. The number of carbonyl (C=O) groups is 2. The molecule has 1 aromatic carbocycles. The van der Waals surface area contributed by atoms with E-state index < -0.39 is 0 Å². The molecule has 88 valence electrons. The molecule has 0 atom stereocenters. The van der Waals surface area contributed by atoms with Gasteiger partial charge in [-0.2, -0.15) is 5.10 Å². The molecule has 0 fully saturated rings. The van der Waals surface area contributed by atoms with E-state index in [-0.39, 0.29) is 11.6 Å². The first-order valence-corrected chi connectivity index (χ1v) is 6.00. The maximum atomic E-state index is 12.2. The second kappa shape index (κ2) is 4.23. The highest BCUT2D eigenvalue weighted by Crippen LogP contribution is 2.31. The molecule has 1 aliphatic carbocycles. The number of fused-ring (bicyclic) bond motifs is 1. The number of rotatable bonds is 2. The van der Waals surface area contributed by atoms with Crippen molar-refractivity contribution >= 4 is 23.3 Å². The van der Waals surface area contributed by atoms with E-state index in [4.69, 9.17) is 0 Å². The van der Waals surface area contributed by atoms with Crippen molar-refractivity contribution < 1.29 is 9.59 Å². The van der Waals surface area contributed by atoms with Crippen LogP contribution in [0, 0.1) is 0 Å². The maximum absolute atomic E-state index is 12.2. The fraction of sp³-hybridized carbons (Fsp3) is 0. The molecule has 5 nitrogen and oxygen atoms in total. The number of hydrogen-bond donors (Lipinski definition) is 1. The molecular weight excluding hydrogens is 250 g/mol. The summed E-state index contributed by atoms with van der Waals surface area (Å²) in [4.78, 5) is 28.3. The van der Waals surface area contributed by atoms with E-state index in [1.54, 1.807) is 24.3 Å². The van der Waals surface area contributed by atoms with Gasteiger partial charge in [0, 0.05) is 17.2 Å². The lowest BCUT2D eigenvalue weighted by atomic mass is 9.95. The van der Waals surface area contributed by atoms with Crippen LogP contribution in [0.15, 0.2) is 46.7 Å². The minimum absolute atomic E-state index is 0.160. The quantitative estimate of drug-likeness (QED) is 0.888. The number of benzene rings is 1. The molecule has 0 bridgehead atoms. The monoisotopic (exact) mass is 257 g/mol. The highest BCUT2D eigenvalue weighted by molar-refractivity contribution is 8.03. The summed E-state index contributed by atoms with van der Waals surface area (Å²) in [5, 5.41) is 6.82. The molecule has 6 heteroatoms. The molecule has 0 spiro atoms. The van der Waals surface area contributed by atoms with Gasteiger partial charge in [-0.1, -0.05) is 24.3 Å². The predicted octanol–water partition coefficient (Wildman–Crippen LogP) is 1.86. The fourth-order valence-corrected chi connectivity index (χ4v) is 2.49. The first-order chi connectivity index (χ1) is 8.75. The Morgan fingerprint density at radius 2 is 1.89 bits per heavy atom. The Morgan fingerprint density at radius 3 is 2.61 bits per heavy atom. The molecule has 1 aromatic heterocycles. The van der Waals surface area contributed by atoms with Crippen LogP contribution in [0.4, 0.5) is 0 Å². The Balaban J connectivity index is 1.99. The molecule has 18 heavy (non-hydrogen) atoms. The summed E-state index contributed by atoms with van der Waals surface area (Å²) in [5.41, 5.74) is 0.886. The lowest BCUT2D eigenvalue weighted by Crippen LogP contribution is -2.15. The molecule has 3 rings (SSSR count). The van der Waals surface area contributed by atoms with Gasteiger partial charge < -0.3 is 0 Å². The summed E-state index contributed by atoms with van der Waals surface area (Å²) in [7, 11) is 0. The van der Waals surface area contributed by atoms with Gasteiger partial charge in [0.15, 0.2) is 10.9 Å². The smallest absolute Gasteiger partial charge is 0.200 e. The SMILES string of the molecule is O=C1C=C(Sc2ncn[nH]2)C(=O)c2ccccc21. The van der Waals surface area contributed by atoms with Crippen LogP contribution in [0.2, 0.25) is 0 Å². The maximum Gasteiger partial charge on any atom is 0.200 e. The lowest BCUT2D eigenvalue weighted by molar-refractivity contribution is 0.0991. The number of carbonyl (C=O) groups excluding carboxylic acids is 2. The molecule has 1 N–H and O–H groups in total. The molecule has 0 amide bonds. The van der Waals surface area contributed by atoms with E-state index in [9.17, 15) is 9.59 Å². The Morgan fingerprint density at radius 1 is 1.11 bits per heavy atom. The number of hydrogen-bond acceptors (Lipinski definition) is 5. The predicted molar refractivity (Wildman–Crippen MR) is 65.4 cm³/mol. The van der Waals surface area contributed by atoms with Crippen molar-refractivity contribution in [2.75, 3.05) is 0 Å². The van der Waals surface area contributed by atoms with Gasteiger partial charge in [0.2, 0.25) is 5.78 Å². The molecule has 1 aliphatic rings. The fourth-order valence-electron chi connectivity index (χ4n) is 1.71. The van der Waals surface area contributed by atoms with Crippen molar-refractivity contribution in [2.45, 2.75) is 5.16 Å². The van der Waals surface area contributed by atoms with E-state index in [2.05, 4.69) is 15.2 Å². The Hall–Kier alpha value is -2.21. The van der Waals surface area contributed by atoms with Crippen LogP contribution in [0.1, 0.15) is 20.7 Å². The van der Waals surface area contributed by atoms with Gasteiger partial charge in [-0.3, -0.25) is 14.7 Å². The van der Waals surface area contributed by atoms with Crippen molar-refractivity contribution in [3.63, 3.8) is 0 Å². The molecule has 0 unspecified atom stereocenters. The number of aromatic nitrogens is 3. The number of Topliss-reactive ketones (excluding diaryl/α,β-unsaturated/α-hetero) is 1. The van der Waals surface area contributed by atoms with Crippen molar-refractivity contribution in [1.82, 2.24) is 15.2 Å². The third-order valence-electron chi connectivity index (χ3n) is 2.52. The normalized spacial score (nSPS) is 14.3. The second-order valence-corrected chi connectivity index (χ2v) is 4.67. The van der Waals surface area contributed by atoms with Gasteiger partial charge >= 0.3 is 0 Å². The van der Waals surface area contributed by atoms with Crippen molar-refractivity contribution in [3.05, 3.63) is 52.7 Å². The van der Waals surface area contributed by atoms with E-state index in [1.165, 1.54) is 12.4 Å². The van der Waals surface area contributed by atoms with Crippen LogP contribution < -0.4 is 0 Å². The van der Waals surface area contributed by atoms with Gasteiger partial charge in [-0.15, -0.1) is 0 Å². The molecule has 1 heterocycles. The van der Waals surface area contributed by atoms with Crippen LogP contribution in [-0.4, -0.2) is 26.7 Å². The summed E-state index contributed by atoms with van der Waals surface area (Å²) >= 11 is 1.11. The van der Waals surface area contributed by atoms with Crippen molar-refractivity contribution in [2.24, 2.45) is 0 Å². The van der Waals surface area contributed by atoms with E-state index in [0.717, 1.165) is 11.8 Å². The number of allylic oxidation sites excluding steroid dienone is 2. The second-order valence-electron chi connectivity index (χ2n) is 3.64. The summed E-state index contributed by atoms with van der Waals surface area (Å²) in [6, 6.07) is 6.80. The molecule has 0 saturated carbocycles. The van der Waals surface area contributed by atoms with Crippen LogP contribution in [0.3, 0.4) is 0 Å². The van der Waals surface area contributed by atoms with Crippen LogP contribution in [0.5, 0.6) is 0 Å². The zero-order valence-corrected chi connectivity index (χ0v) is 9.90. The van der Waals surface area contributed by atoms with Crippen LogP contribution in [0.25, 0.3) is 0 Å². The molecule has 0 aliphatic heterocycles. The van der Waals surface area contributed by atoms with Gasteiger partial charge in [-0.25, -0.2) is 4.98 Å². The number of nitrogens with zero attached hydrogens (tertiary/aromatic N) is 2. The average molecular weight is 257 g/mol. The van der Waals surface area contributed by atoms with Crippen molar-refractivity contribution in [3.8, 4) is 0 Å². The Kier molecular flexibility index (Phi) is 2.56. The number of nitrogens with one attached hydrogen (secondary N) is 1. The summed E-state index contributed by atoms with van der Waals surface area (Å²) in [5.74, 6) is -0.321. The van der Waals surface area contributed by atoms with Crippen LogP contribution >= 0.6 is 11.8 Å². The number of H-pyrrole nitrogens is 1. The third-order valence-corrected chi connectivity index (χ3v) is 3.44. The van der Waals surface area contributed by atoms with E-state index >= 15 is 0 Å². The summed E-state index contributed by atoms with van der Waals surface area (Å²) in [6.07, 6.45) is 2.70. The summed E-state index contributed by atoms with van der Waals surface area (Å²) < 4.78 is 0. The number of aromatic amines is 1. The largest absolute Gasteiger partial charge is 0.289 e. The number of ketones is 2. The Bertz CT molecular complexity index is 662.